The molecule has 1 aliphatic carbocycles. The zero-order valence-electron chi connectivity index (χ0n) is 10.5. The van der Waals surface area contributed by atoms with E-state index < -0.39 is 0 Å². The summed E-state index contributed by atoms with van der Waals surface area (Å²) in [7, 11) is 0. The Balaban J connectivity index is 1.68. The van der Waals surface area contributed by atoms with Crippen LogP contribution in [-0.4, -0.2) is 19.0 Å². The van der Waals surface area contributed by atoms with Crippen LogP contribution in [0, 0.1) is 11.3 Å². The Morgan fingerprint density at radius 3 is 2.79 bits per heavy atom. The number of piperidine rings is 1. The van der Waals surface area contributed by atoms with E-state index in [1.807, 2.05) is 18.2 Å². The molecule has 2 N–H and O–H groups in total. The van der Waals surface area contributed by atoms with Crippen LogP contribution in [0.25, 0.3) is 0 Å². The van der Waals surface area contributed by atoms with Crippen molar-refractivity contribution < 1.29 is 4.79 Å². The summed E-state index contributed by atoms with van der Waals surface area (Å²) in [5.41, 5.74) is 1.13. The van der Waals surface area contributed by atoms with Gasteiger partial charge in [-0.2, -0.15) is 0 Å². The molecule has 1 heterocycles. The van der Waals surface area contributed by atoms with Gasteiger partial charge in [0.2, 0.25) is 5.91 Å². The summed E-state index contributed by atoms with van der Waals surface area (Å²) in [4.78, 5) is 12.3. The maximum absolute atomic E-state index is 12.3. The Morgan fingerprint density at radius 2 is 2.05 bits per heavy atom. The quantitative estimate of drug-likeness (QED) is 0.814. The highest BCUT2D eigenvalue weighted by molar-refractivity contribution is 9.11. The predicted molar refractivity (Wildman–Crippen MR) is 83.1 cm³/mol. The molecule has 2 fully saturated rings. The molecule has 1 aromatic rings. The summed E-state index contributed by atoms with van der Waals surface area (Å²) in [6, 6.07) is 5.82. The standard InChI is InChI=1S/C14H16Br2N2O/c15-9-1-2-11(16)12(7-9)18-13(19)10-8-14(10)3-5-17-6-4-14/h1-2,7,10,17H,3-6,8H2,(H,18,19). The molecule has 0 aromatic heterocycles. The van der Waals surface area contributed by atoms with Crippen molar-refractivity contribution in [3.8, 4) is 0 Å². The number of halogens is 2. The van der Waals surface area contributed by atoms with E-state index in [4.69, 9.17) is 0 Å². The van der Waals surface area contributed by atoms with Crippen LogP contribution in [0.4, 0.5) is 5.69 Å². The number of nitrogens with one attached hydrogen (secondary N) is 2. The molecule has 2 aliphatic rings. The van der Waals surface area contributed by atoms with E-state index in [0.717, 1.165) is 47.0 Å². The van der Waals surface area contributed by atoms with Crippen LogP contribution in [0.1, 0.15) is 19.3 Å². The first-order chi connectivity index (χ1) is 9.11. The van der Waals surface area contributed by atoms with Gasteiger partial charge in [-0.3, -0.25) is 4.79 Å². The fraction of sp³-hybridized carbons (Fsp3) is 0.500. The van der Waals surface area contributed by atoms with Crippen LogP contribution in [0.3, 0.4) is 0 Å². The van der Waals surface area contributed by atoms with E-state index in [1.165, 1.54) is 0 Å². The second kappa shape index (κ2) is 5.19. The Morgan fingerprint density at radius 1 is 1.32 bits per heavy atom. The maximum atomic E-state index is 12.3. The first kappa shape index (κ1) is 13.6. The minimum Gasteiger partial charge on any atom is -0.325 e. The third-order valence-electron chi connectivity index (χ3n) is 4.29. The molecule has 1 amide bonds. The second-order valence-corrected chi connectivity index (χ2v) is 7.25. The number of hydrogen-bond acceptors (Lipinski definition) is 2. The summed E-state index contributed by atoms with van der Waals surface area (Å²) in [6.45, 7) is 2.09. The summed E-state index contributed by atoms with van der Waals surface area (Å²) in [6.07, 6.45) is 3.31. The SMILES string of the molecule is O=C(Nc1cc(Br)ccc1Br)C1CC12CCNCC2. The number of hydrogen-bond donors (Lipinski definition) is 2. The number of anilines is 1. The number of carbonyl (C=O) groups is 1. The summed E-state index contributed by atoms with van der Waals surface area (Å²) < 4.78 is 1.89. The lowest BCUT2D eigenvalue weighted by atomic mass is 9.92. The molecule has 1 aromatic carbocycles. The van der Waals surface area contributed by atoms with Gasteiger partial charge >= 0.3 is 0 Å². The van der Waals surface area contributed by atoms with Gasteiger partial charge in [-0.1, -0.05) is 15.9 Å². The first-order valence-electron chi connectivity index (χ1n) is 6.57. The second-order valence-electron chi connectivity index (χ2n) is 5.48. The molecule has 1 saturated heterocycles. The molecule has 19 heavy (non-hydrogen) atoms. The van der Waals surface area contributed by atoms with E-state index in [-0.39, 0.29) is 17.2 Å². The molecule has 1 aliphatic heterocycles. The summed E-state index contributed by atoms with van der Waals surface area (Å²) >= 11 is 6.90. The largest absolute Gasteiger partial charge is 0.325 e. The Labute approximate surface area is 129 Å². The Kier molecular flexibility index (Phi) is 3.71. The average molecular weight is 388 g/mol. The minimum atomic E-state index is 0.167. The van der Waals surface area contributed by atoms with Crippen LogP contribution >= 0.6 is 31.9 Å². The molecule has 1 spiro atoms. The lowest BCUT2D eigenvalue weighted by Gasteiger charge is -2.23. The summed E-state index contributed by atoms with van der Waals surface area (Å²) in [5.74, 6) is 0.362. The van der Waals surface area contributed by atoms with Crippen molar-refractivity contribution in [1.29, 1.82) is 0 Å². The minimum absolute atomic E-state index is 0.167. The molecule has 102 valence electrons. The maximum Gasteiger partial charge on any atom is 0.228 e. The first-order valence-corrected chi connectivity index (χ1v) is 8.16. The molecule has 3 nitrogen and oxygen atoms in total. The van der Waals surface area contributed by atoms with Gasteiger partial charge in [0.05, 0.1) is 5.69 Å². The van der Waals surface area contributed by atoms with Crippen molar-refractivity contribution in [2.45, 2.75) is 19.3 Å². The average Bonchev–Trinajstić information content (AvgIpc) is 3.08. The van der Waals surface area contributed by atoms with Gasteiger partial charge < -0.3 is 10.6 Å². The smallest absolute Gasteiger partial charge is 0.228 e. The van der Waals surface area contributed by atoms with Gasteiger partial charge in [0, 0.05) is 14.9 Å². The fourth-order valence-electron chi connectivity index (χ4n) is 3.01. The van der Waals surface area contributed by atoms with Gasteiger partial charge in [-0.05, 0) is 71.9 Å². The van der Waals surface area contributed by atoms with Gasteiger partial charge in [0.25, 0.3) is 0 Å². The molecule has 1 atom stereocenters. The third-order valence-corrected chi connectivity index (χ3v) is 5.48. The molecule has 1 unspecified atom stereocenters. The molecule has 0 bridgehead atoms. The van der Waals surface area contributed by atoms with Crippen LogP contribution < -0.4 is 10.6 Å². The lowest BCUT2D eigenvalue weighted by Crippen LogP contribution is -2.31. The van der Waals surface area contributed by atoms with E-state index in [0.29, 0.717) is 0 Å². The van der Waals surface area contributed by atoms with Crippen molar-refractivity contribution >= 4 is 43.5 Å². The fourth-order valence-corrected chi connectivity index (χ4v) is 3.72. The molecule has 0 radical (unpaired) electrons. The molecule has 3 rings (SSSR count). The molecular formula is C14H16Br2N2O. The van der Waals surface area contributed by atoms with Gasteiger partial charge in [-0.15, -0.1) is 0 Å². The third kappa shape index (κ3) is 2.73. The van der Waals surface area contributed by atoms with E-state index in [2.05, 4.69) is 42.5 Å². The zero-order valence-corrected chi connectivity index (χ0v) is 13.7. The van der Waals surface area contributed by atoms with Crippen molar-refractivity contribution in [3.05, 3.63) is 27.1 Å². The normalized spacial score (nSPS) is 24.2. The van der Waals surface area contributed by atoms with Gasteiger partial charge in [0.15, 0.2) is 0 Å². The topological polar surface area (TPSA) is 41.1 Å². The van der Waals surface area contributed by atoms with Crippen LogP contribution in [-0.2, 0) is 4.79 Å². The van der Waals surface area contributed by atoms with Crippen LogP contribution in [0.2, 0.25) is 0 Å². The van der Waals surface area contributed by atoms with E-state index >= 15 is 0 Å². The highest BCUT2D eigenvalue weighted by Crippen LogP contribution is 2.58. The van der Waals surface area contributed by atoms with E-state index in [9.17, 15) is 4.79 Å². The van der Waals surface area contributed by atoms with E-state index in [1.54, 1.807) is 0 Å². The zero-order chi connectivity index (χ0) is 13.5. The number of amides is 1. The summed E-state index contributed by atoms with van der Waals surface area (Å²) in [5, 5.41) is 6.41. The van der Waals surface area contributed by atoms with Crippen molar-refractivity contribution in [2.24, 2.45) is 11.3 Å². The van der Waals surface area contributed by atoms with Crippen molar-refractivity contribution in [2.75, 3.05) is 18.4 Å². The van der Waals surface area contributed by atoms with Crippen LogP contribution in [0.5, 0.6) is 0 Å². The monoisotopic (exact) mass is 386 g/mol. The highest BCUT2D eigenvalue weighted by Gasteiger charge is 2.57. The van der Waals surface area contributed by atoms with Gasteiger partial charge in [-0.25, -0.2) is 0 Å². The Bertz CT molecular complexity index is 512. The molecule has 1 saturated carbocycles. The predicted octanol–water partition coefficient (Wildman–Crippen LogP) is 3.54. The Hall–Kier alpha value is -0.390. The lowest BCUT2D eigenvalue weighted by molar-refractivity contribution is -0.118. The molecule has 5 heteroatoms. The number of carbonyl (C=O) groups excluding carboxylic acids is 1. The van der Waals surface area contributed by atoms with Gasteiger partial charge in [0.1, 0.15) is 0 Å². The van der Waals surface area contributed by atoms with Crippen molar-refractivity contribution in [3.63, 3.8) is 0 Å². The number of rotatable bonds is 2. The number of benzene rings is 1. The molecular weight excluding hydrogens is 372 g/mol. The van der Waals surface area contributed by atoms with Crippen LogP contribution in [0.15, 0.2) is 27.1 Å². The highest BCUT2D eigenvalue weighted by atomic mass is 79.9. The van der Waals surface area contributed by atoms with Crippen molar-refractivity contribution in [1.82, 2.24) is 5.32 Å².